The highest BCUT2D eigenvalue weighted by molar-refractivity contribution is 9.10. The molecule has 0 unspecified atom stereocenters. The molecule has 0 saturated heterocycles. The first-order chi connectivity index (χ1) is 7.90. The van der Waals surface area contributed by atoms with Gasteiger partial charge in [0.25, 0.3) is 0 Å². The minimum Gasteiger partial charge on any atom is -0.330 e. The van der Waals surface area contributed by atoms with Gasteiger partial charge in [-0.25, -0.2) is 13.1 Å². The Kier molecular flexibility index (Phi) is 8.08. The van der Waals surface area contributed by atoms with Gasteiger partial charge in [-0.1, -0.05) is 23.2 Å². The van der Waals surface area contributed by atoms with Crippen molar-refractivity contribution in [1.82, 2.24) is 4.72 Å². The average Bonchev–Trinajstić information content (AvgIpc) is 2.26. The highest BCUT2D eigenvalue weighted by atomic mass is 79.9. The number of rotatable bonds is 5. The monoisotopic (exact) mass is 396 g/mol. The zero-order valence-corrected chi connectivity index (χ0v) is 13.9. The summed E-state index contributed by atoms with van der Waals surface area (Å²) in [6, 6.07) is 2.93. The van der Waals surface area contributed by atoms with Crippen LogP contribution in [0.5, 0.6) is 0 Å². The number of halogens is 4. The van der Waals surface area contributed by atoms with E-state index in [4.69, 9.17) is 28.9 Å². The predicted molar refractivity (Wildman–Crippen MR) is 80.3 cm³/mol. The molecule has 0 aliphatic rings. The van der Waals surface area contributed by atoms with Crippen LogP contribution >= 0.6 is 51.5 Å². The Balaban J connectivity index is 0.00000289. The third-order valence-corrected chi connectivity index (χ3v) is 5.35. The van der Waals surface area contributed by atoms with Crippen molar-refractivity contribution < 1.29 is 8.42 Å². The molecule has 104 valence electrons. The van der Waals surface area contributed by atoms with Crippen LogP contribution in [0.25, 0.3) is 0 Å². The summed E-state index contributed by atoms with van der Waals surface area (Å²) in [7, 11) is -3.65. The fraction of sp³-hybridized carbons (Fsp3) is 0.333. The summed E-state index contributed by atoms with van der Waals surface area (Å²) in [5.74, 6) is 0. The van der Waals surface area contributed by atoms with Crippen LogP contribution in [-0.4, -0.2) is 21.5 Å². The van der Waals surface area contributed by atoms with E-state index in [1.807, 2.05) is 0 Å². The van der Waals surface area contributed by atoms with Gasteiger partial charge in [-0.05, 0) is 41.0 Å². The van der Waals surface area contributed by atoms with Gasteiger partial charge in [0.15, 0.2) is 0 Å². The fourth-order valence-corrected chi connectivity index (χ4v) is 3.39. The zero-order valence-electron chi connectivity index (χ0n) is 9.12. The van der Waals surface area contributed by atoms with Gasteiger partial charge >= 0.3 is 0 Å². The first-order valence-corrected chi connectivity index (χ1v) is 7.76. The van der Waals surface area contributed by atoms with Crippen LogP contribution in [0.4, 0.5) is 0 Å². The van der Waals surface area contributed by atoms with Crippen molar-refractivity contribution in [3.05, 3.63) is 26.7 Å². The van der Waals surface area contributed by atoms with Crippen LogP contribution in [-0.2, 0) is 10.0 Å². The molecule has 18 heavy (non-hydrogen) atoms. The molecule has 0 radical (unpaired) electrons. The van der Waals surface area contributed by atoms with Crippen LogP contribution in [0.3, 0.4) is 0 Å². The molecule has 0 aliphatic carbocycles. The average molecular weight is 399 g/mol. The molecular weight excluding hydrogens is 386 g/mol. The molecule has 1 aromatic rings. The van der Waals surface area contributed by atoms with E-state index in [-0.39, 0.29) is 33.9 Å². The maximum atomic E-state index is 11.9. The highest BCUT2D eigenvalue weighted by Crippen LogP contribution is 2.34. The molecule has 1 aromatic carbocycles. The molecule has 3 N–H and O–H groups in total. The standard InChI is InChI=1S/C9H11BrCl2N2O2S.ClH/c10-6-2-3-7(9(12)8(6)11)17(15,16)14-5-1-4-13;/h2-3,14H,1,4-5,13H2;1H. The third kappa shape index (κ3) is 4.52. The lowest BCUT2D eigenvalue weighted by Crippen LogP contribution is -2.26. The van der Waals surface area contributed by atoms with Crippen molar-refractivity contribution in [2.24, 2.45) is 5.73 Å². The summed E-state index contributed by atoms with van der Waals surface area (Å²) in [5.41, 5.74) is 5.28. The van der Waals surface area contributed by atoms with Gasteiger partial charge in [-0.15, -0.1) is 12.4 Å². The van der Waals surface area contributed by atoms with E-state index in [1.165, 1.54) is 12.1 Å². The number of nitrogens with two attached hydrogens (primary N) is 1. The van der Waals surface area contributed by atoms with Crippen molar-refractivity contribution in [2.45, 2.75) is 11.3 Å². The van der Waals surface area contributed by atoms with Crippen molar-refractivity contribution in [1.29, 1.82) is 0 Å². The Bertz CT molecular complexity index is 511. The second-order valence-electron chi connectivity index (χ2n) is 3.21. The molecule has 0 atom stereocenters. The summed E-state index contributed by atoms with van der Waals surface area (Å²) < 4.78 is 26.7. The number of hydrogen-bond donors (Lipinski definition) is 2. The Morgan fingerprint density at radius 2 is 1.89 bits per heavy atom. The van der Waals surface area contributed by atoms with Gasteiger partial charge in [-0.2, -0.15) is 0 Å². The summed E-state index contributed by atoms with van der Waals surface area (Å²) >= 11 is 14.9. The first-order valence-electron chi connectivity index (χ1n) is 4.73. The van der Waals surface area contributed by atoms with E-state index in [1.54, 1.807) is 0 Å². The van der Waals surface area contributed by atoms with Gasteiger partial charge in [0.05, 0.1) is 10.0 Å². The van der Waals surface area contributed by atoms with E-state index in [0.717, 1.165) is 0 Å². The van der Waals surface area contributed by atoms with Crippen LogP contribution in [0.1, 0.15) is 6.42 Å². The lowest BCUT2D eigenvalue weighted by atomic mass is 10.4. The molecule has 0 amide bonds. The van der Waals surface area contributed by atoms with Crippen molar-refractivity contribution in [2.75, 3.05) is 13.1 Å². The molecular formula is C9H12BrCl3N2O2S. The van der Waals surface area contributed by atoms with Crippen molar-refractivity contribution in [3.8, 4) is 0 Å². The summed E-state index contributed by atoms with van der Waals surface area (Å²) in [4.78, 5) is -0.0376. The minimum absolute atomic E-state index is 0. The maximum absolute atomic E-state index is 11.9. The van der Waals surface area contributed by atoms with Gasteiger partial charge in [0, 0.05) is 11.0 Å². The lowest BCUT2D eigenvalue weighted by molar-refractivity contribution is 0.579. The fourth-order valence-electron chi connectivity index (χ4n) is 1.10. The van der Waals surface area contributed by atoms with Crippen LogP contribution in [0.2, 0.25) is 10.0 Å². The number of hydrogen-bond acceptors (Lipinski definition) is 3. The van der Waals surface area contributed by atoms with Gasteiger partial charge in [0.2, 0.25) is 10.0 Å². The minimum atomic E-state index is -3.65. The molecule has 4 nitrogen and oxygen atoms in total. The molecule has 1 rings (SSSR count). The van der Waals surface area contributed by atoms with Crippen LogP contribution < -0.4 is 10.5 Å². The molecule has 0 spiro atoms. The Hall–Kier alpha value is 0.440. The molecule has 0 aliphatic heterocycles. The Morgan fingerprint density at radius 3 is 2.44 bits per heavy atom. The number of sulfonamides is 1. The molecule has 9 heteroatoms. The number of nitrogens with one attached hydrogen (secondary N) is 1. The Labute approximate surface area is 131 Å². The first kappa shape index (κ1) is 18.4. The van der Waals surface area contributed by atoms with Crippen molar-refractivity contribution >= 4 is 61.6 Å². The second kappa shape index (κ2) is 7.89. The molecule has 0 bridgehead atoms. The zero-order chi connectivity index (χ0) is 13.1. The van der Waals surface area contributed by atoms with E-state index in [2.05, 4.69) is 20.7 Å². The summed E-state index contributed by atoms with van der Waals surface area (Å²) in [6.07, 6.45) is 0.557. The second-order valence-corrected chi connectivity index (χ2v) is 6.56. The van der Waals surface area contributed by atoms with Crippen molar-refractivity contribution in [3.63, 3.8) is 0 Å². The summed E-state index contributed by atoms with van der Waals surface area (Å²) in [5, 5.41) is 0.176. The van der Waals surface area contributed by atoms with E-state index in [0.29, 0.717) is 17.4 Å². The van der Waals surface area contributed by atoms with Crippen LogP contribution in [0, 0.1) is 0 Å². The van der Waals surface area contributed by atoms with E-state index in [9.17, 15) is 8.42 Å². The quantitative estimate of drug-likeness (QED) is 0.592. The molecule has 0 aromatic heterocycles. The normalized spacial score (nSPS) is 11.1. The smallest absolute Gasteiger partial charge is 0.242 e. The number of benzene rings is 1. The molecule has 0 fully saturated rings. The van der Waals surface area contributed by atoms with Gasteiger partial charge in [-0.3, -0.25) is 0 Å². The Morgan fingerprint density at radius 1 is 1.28 bits per heavy atom. The third-order valence-electron chi connectivity index (χ3n) is 1.96. The van der Waals surface area contributed by atoms with Gasteiger partial charge < -0.3 is 5.73 Å². The van der Waals surface area contributed by atoms with Gasteiger partial charge in [0.1, 0.15) is 4.90 Å². The SMILES string of the molecule is Cl.NCCCNS(=O)(=O)c1ccc(Br)c(Cl)c1Cl. The topological polar surface area (TPSA) is 72.2 Å². The predicted octanol–water partition coefficient (Wildman–Crippen LogP) is 2.80. The van der Waals surface area contributed by atoms with E-state index < -0.39 is 10.0 Å². The highest BCUT2D eigenvalue weighted by Gasteiger charge is 2.20. The largest absolute Gasteiger partial charge is 0.330 e. The maximum Gasteiger partial charge on any atom is 0.242 e. The molecule has 0 heterocycles. The summed E-state index contributed by atoms with van der Waals surface area (Å²) in [6.45, 7) is 0.681. The molecule has 0 saturated carbocycles. The van der Waals surface area contributed by atoms with E-state index >= 15 is 0 Å². The van der Waals surface area contributed by atoms with Crippen LogP contribution in [0.15, 0.2) is 21.5 Å². The lowest BCUT2D eigenvalue weighted by Gasteiger charge is -2.09.